The second kappa shape index (κ2) is 7.97. The van der Waals surface area contributed by atoms with Crippen LogP contribution in [0.25, 0.3) is 0 Å². The Labute approximate surface area is 153 Å². The molecular weight excluding hydrogens is 355 g/mol. The zero-order chi connectivity index (χ0) is 19.4. The number of aryl methyl sites for hydroxylation is 1. The molecule has 140 valence electrons. The summed E-state index contributed by atoms with van der Waals surface area (Å²) in [5.41, 5.74) is 0.829. The Morgan fingerprint density at radius 3 is 2.12 bits per heavy atom. The van der Waals surface area contributed by atoms with Gasteiger partial charge in [-0.25, -0.2) is 17.5 Å². The maximum absolute atomic E-state index is 12.8. The molecule has 2 aromatic carbocycles. The van der Waals surface area contributed by atoms with Crippen LogP contribution in [0.1, 0.15) is 32.8 Å². The van der Waals surface area contributed by atoms with Gasteiger partial charge in [0.2, 0.25) is 15.9 Å². The van der Waals surface area contributed by atoms with E-state index in [1.807, 2.05) is 0 Å². The first-order valence-electron chi connectivity index (χ1n) is 8.23. The van der Waals surface area contributed by atoms with Crippen molar-refractivity contribution in [1.82, 2.24) is 4.72 Å². The van der Waals surface area contributed by atoms with Gasteiger partial charge in [-0.2, -0.15) is 0 Å². The van der Waals surface area contributed by atoms with Gasteiger partial charge < -0.3 is 5.32 Å². The number of sulfonamides is 1. The molecule has 2 aromatic rings. The molecule has 1 amide bonds. The molecule has 2 rings (SSSR count). The number of nitrogens with one attached hydrogen (secondary N) is 2. The van der Waals surface area contributed by atoms with Crippen LogP contribution in [0.5, 0.6) is 0 Å². The van der Waals surface area contributed by atoms with Crippen molar-refractivity contribution in [3.8, 4) is 0 Å². The van der Waals surface area contributed by atoms with E-state index in [0.717, 1.165) is 5.56 Å². The Balaban J connectivity index is 1.92. The highest BCUT2D eigenvalue weighted by Gasteiger charge is 2.21. The maximum atomic E-state index is 12.8. The predicted octanol–water partition coefficient (Wildman–Crippen LogP) is 3.47. The monoisotopic (exact) mass is 378 g/mol. The van der Waals surface area contributed by atoms with Gasteiger partial charge in [0.25, 0.3) is 0 Å². The van der Waals surface area contributed by atoms with Crippen LogP contribution in [0.2, 0.25) is 0 Å². The zero-order valence-electron chi connectivity index (χ0n) is 15.0. The topological polar surface area (TPSA) is 75.3 Å². The summed E-state index contributed by atoms with van der Waals surface area (Å²) in [5, 5.41) is 2.69. The molecule has 0 heterocycles. The lowest BCUT2D eigenvalue weighted by molar-refractivity contribution is -0.116. The fourth-order valence-electron chi connectivity index (χ4n) is 2.31. The van der Waals surface area contributed by atoms with Gasteiger partial charge in [-0.05, 0) is 69.2 Å². The van der Waals surface area contributed by atoms with E-state index in [2.05, 4.69) is 10.0 Å². The highest BCUT2D eigenvalue weighted by atomic mass is 32.2. The summed E-state index contributed by atoms with van der Waals surface area (Å²) >= 11 is 0. The van der Waals surface area contributed by atoms with Gasteiger partial charge in [-0.3, -0.25) is 4.79 Å². The minimum Gasteiger partial charge on any atom is -0.326 e. The summed E-state index contributed by atoms with van der Waals surface area (Å²) in [6.45, 7) is 5.33. The van der Waals surface area contributed by atoms with Crippen LogP contribution in [-0.4, -0.2) is 19.9 Å². The van der Waals surface area contributed by atoms with Crippen molar-refractivity contribution in [2.45, 2.75) is 44.0 Å². The third-order valence-electron chi connectivity index (χ3n) is 3.44. The van der Waals surface area contributed by atoms with Crippen molar-refractivity contribution in [3.05, 3.63) is 59.9 Å². The predicted molar refractivity (Wildman–Crippen MR) is 99.9 cm³/mol. The molecule has 7 heteroatoms. The fraction of sp³-hybridized carbons (Fsp3) is 0.316. The summed E-state index contributed by atoms with van der Waals surface area (Å²) in [7, 11) is -3.57. The Morgan fingerprint density at radius 1 is 1.00 bits per heavy atom. The quantitative estimate of drug-likeness (QED) is 0.808. The molecule has 2 N–H and O–H groups in total. The molecule has 26 heavy (non-hydrogen) atoms. The van der Waals surface area contributed by atoms with Crippen molar-refractivity contribution in [2.24, 2.45) is 0 Å². The van der Waals surface area contributed by atoms with E-state index in [-0.39, 0.29) is 23.0 Å². The minimum atomic E-state index is -3.57. The van der Waals surface area contributed by atoms with E-state index in [9.17, 15) is 17.6 Å². The van der Waals surface area contributed by atoms with Gasteiger partial charge in [0, 0.05) is 17.6 Å². The summed E-state index contributed by atoms with van der Waals surface area (Å²) in [4.78, 5) is 12.1. The number of benzene rings is 2. The fourth-order valence-corrected chi connectivity index (χ4v) is 3.73. The van der Waals surface area contributed by atoms with Crippen LogP contribution in [0.3, 0.4) is 0 Å². The second-order valence-electron chi connectivity index (χ2n) is 7.05. The number of rotatable bonds is 6. The molecule has 0 aliphatic rings. The van der Waals surface area contributed by atoms with Gasteiger partial charge in [0.1, 0.15) is 5.82 Å². The molecule has 0 aromatic heterocycles. The molecule has 0 fully saturated rings. The maximum Gasteiger partial charge on any atom is 0.241 e. The number of carbonyl (C=O) groups excluding carboxylic acids is 1. The summed E-state index contributed by atoms with van der Waals surface area (Å²) in [5.74, 6) is -0.554. The lowest BCUT2D eigenvalue weighted by Gasteiger charge is -2.20. The van der Waals surface area contributed by atoms with E-state index >= 15 is 0 Å². The van der Waals surface area contributed by atoms with E-state index in [4.69, 9.17) is 0 Å². The Bertz CT molecular complexity index is 855. The average Bonchev–Trinajstić information content (AvgIpc) is 2.53. The normalized spacial score (nSPS) is 12.0. The van der Waals surface area contributed by atoms with Gasteiger partial charge in [-0.15, -0.1) is 0 Å². The van der Waals surface area contributed by atoms with E-state index in [1.165, 1.54) is 36.4 Å². The number of carbonyl (C=O) groups is 1. The first-order chi connectivity index (χ1) is 12.0. The van der Waals surface area contributed by atoms with E-state index < -0.39 is 15.6 Å². The number of hydrogen-bond donors (Lipinski definition) is 2. The van der Waals surface area contributed by atoms with Crippen molar-refractivity contribution in [1.29, 1.82) is 0 Å². The molecule has 0 bridgehead atoms. The van der Waals surface area contributed by atoms with Crippen molar-refractivity contribution >= 4 is 21.6 Å². The van der Waals surface area contributed by atoms with Crippen LogP contribution in [-0.2, 0) is 21.2 Å². The highest BCUT2D eigenvalue weighted by Crippen LogP contribution is 2.15. The number of halogens is 1. The number of amides is 1. The highest BCUT2D eigenvalue weighted by molar-refractivity contribution is 7.89. The van der Waals surface area contributed by atoms with Crippen molar-refractivity contribution in [3.63, 3.8) is 0 Å². The molecular formula is C19H23FN2O3S. The third kappa shape index (κ3) is 6.24. The molecule has 0 atom stereocenters. The Hall–Kier alpha value is -2.25. The van der Waals surface area contributed by atoms with Crippen molar-refractivity contribution < 1.29 is 17.6 Å². The molecule has 0 saturated carbocycles. The average molecular weight is 378 g/mol. The lowest BCUT2D eigenvalue weighted by Crippen LogP contribution is -2.40. The van der Waals surface area contributed by atoms with E-state index in [0.29, 0.717) is 12.1 Å². The van der Waals surface area contributed by atoms with E-state index in [1.54, 1.807) is 32.9 Å². The van der Waals surface area contributed by atoms with Gasteiger partial charge >= 0.3 is 0 Å². The summed E-state index contributed by atoms with van der Waals surface area (Å²) in [6, 6.07) is 12.0. The Morgan fingerprint density at radius 2 is 1.58 bits per heavy atom. The smallest absolute Gasteiger partial charge is 0.241 e. The molecule has 0 radical (unpaired) electrons. The molecule has 0 saturated heterocycles. The summed E-state index contributed by atoms with van der Waals surface area (Å²) < 4.78 is 39.9. The second-order valence-corrected chi connectivity index (χ2v) is 8.74. The van der Waals surface area contributed by atoms with Gasteiger partial charge in [0.15, 0.2) is 0 Å². The standard InChI is InChI=1S/C19H23FN2O3S/c1-19(2,3)22-26(24,25)17-11-4-14(5-12-17)6-13-18(23)21-16-9-7-15(20)8-10-16/h4-5,7-12,22H,6,13H2,1-3H3,(H,21,23). The lowest BCUT2D eigenvalue weighted by atomic mass is 10.1. The first kappa shape index (κ1) is 20.1. The zero-order valence-corrected chi connectivity index (χ0v) is 15.9. The number of anilines is 1. The Kier molecular flexibility index (Phi) is 6.15. The first-order valence-corrected chi connectivity index (χ1v) is 9.72. The third-order valence-corrected chi connectivity index (χ3v) is 5.22. The van der Waals surface area contributed by atoms with Crippen LogP contribution >= 0.6 is 0 Å². The van der Waals surface area contributed by atoms with Crippen molar-refractivity contribution in [2.75, 3.05) is 5.32 Å². The molecule has 5 nitrogen and oxygen atoms in total. The SMILES string of the molecule is CC(C)(C)NS(=O)(=O)c1ccc(CCC(=O)Nc2ccc(F)cc2)cc1. The molecule has 0 aliphatic heterocycles. The van der Waals surface area contributed by atoms with Crippen LogP contribution in [0, 0.1) is 5.82 Å². The minimum absolute atomic E-state index is 0.187. The van der Waals surface area contributed by atoms with Crippen LogP contribution in [0.4, 0.5) is 10.1 Å². The number of hydrogen-bond acceptors (Lipinski definition) is 3. The van der Waals surface area contributed by atoms with Crippen LogP contribution < -0.4 is 10.0 Å². The summed E-state index contributed by atoms with van der Waals surface area (Å²) in [6.07, 6.45) is 0.712. The largest absolute Gasteiger partial charge is 0.326 e. The molecule has 0 spiro atoms. The molecule has 0 unspecified atom stereocenters. The molecule has 0 aliphatic carbocycles. The van der Waals surface area contributed by atoms with Crippen LogP contribution in [0.15, 0.2) is 53.4 Å². The van der Waals surface area contributed by atoms with Gasteiger partial charge in [-0.1, -0.05) is 12.1 Å². The van der Waals surface area contributed by atoms with Gasteiger partial charge in [0.05, 0.1) is 4.90 Å².